The molecule has 0 radical (unpaired) electrons. The van der Waals surface area contributed by atoms with Gasteiger partial charge in [0.25, 0.3) is 0 Å². The van der Waals surface area contributed by atoms with Gasteiger partial charge in [0.2, 0.25) is 5.91 Å². The number of hydrogen-bond acceptors (Lipinski definition) is 3. The van der Waals surface area contributed by atoms with Gasteiger partial charge in [-0.2, -0.15) is 0 Å². The van der Waals surface area contributed by atoms with Crippen molar-refractivity contribution >= 4 is 17.4 Å². The van der Waals surface area contributed by atoms with Gasteiger partial charge in [0.05, 0.1) is 6.61 Å². The predicted octanol–water partition coefficient (Wildman–Crippen LogP) is 4.64. The number of carbonyl (C=O) groups is 2. The van der Waals surface area contributed by atoms with E-state index < -0.39 is 0 Å². The van der Waals surface area contributed by atoms with E-state index in [1.54, 1.807) is 24.3 Å². The lowest BCUT2D eigenvalue weighted by Gasteiger charge is -2.08. The smallest absolute Gasteiger partial charge is 0.224 e. The summed E-state index contributed by atoms with van der Waals surface area (Å²) in [4.78, 5) is 23.1. The van der Waals surface area contributed by atoms with Gasteiger partial charge in [-0.25, -0.2) is 0 Å². The molecule has 2 aromatic carbocycles. The Kier molecular flexibility index (Phi) is 7.20. The fourth-order valence-corrected chi connectivity index (χ4v) is 2.48. The van der Waals surface area contributed by atoms with Gasteiger partial charge < -0.3 is 10.1 Å². The molecule has 0 bridgehead atoms. The number of hydrogen-bond donors (Lipinski definition) is 1. The van der Waals surface area contributed by atoms with Gasteiger partial charge in [-0.1, -0.05) is 25.5 Å². The quantitative estimate of drug-likeness (QED) is 0.535. The number of benzene rings is 2. The molecule has 0 heterocycles. The number of amides is 1. The molecule has 0 aromatic heterocycles. The van der Waals surface area contributed by atoms with Crippen molar-refractivity contribution in [2.75, 3.05) is 11.9 Å². The lowest BCUT2D eigenvalue weighted by Crippen LogP contribution is -2.12. The number of ketones is 1. The van der Waals surface area contributed by atoms with Gasteiger partial charge in [0, 0.05) is 17.7 Å². The van der Waals surface area contributed by atoms with Crippen LogP contribution in [-0.4, -0.2) is 18.3 Å². The molecule has 2 aromatic rings. The Hall–Kier alpha value is -2.62. The average molecular weight is 339 g/mol. The molecule has 4 heteroatoms. The predicted molar refractivity (Wildman–Crippen MR) is 100 cm³/mol. The van der Waals surface area contributed by atoms with Crippen molar-refractivity contribution in [1.82, 2.24) is 0 Å². The van der Waals surface area contributed by atoms with Crippen LogP contribution in [0.5, 0.6) is 5.75 Å². The van der Waals surface area contributed by atoms with Crippen LogP contribution in [0.3, 0.4) is 0 Å². The molecule has 2 rings (SSSR count). The summed E-state index contributed by atoms with van der Waals surface area (Å²) in [6.45, 7) is 4.18. The highest BCUT2D eigenvalue weighted by Gasteiger charge is 2.04. The Bertz CT molecular complexity index is 690. The third kappa shape index (κ3) is 6.42. The van der Waals surface area contributed by atoms with Crippen LogP contribution in [0.25, 0.3) is 0 Å². The molecule has 25 heavy (non-hydrogen) atoms. The zero-order valence-corrected chi connectivity index (χ0v) is 14.9. The van der Waals surface area contributed by atoms with Crippen LogP contribution in [0.2, 0.25) is 0 Å². The number of nitrogens with one attached hydrogen (secondary N) is 1. The van der Waals surface area contributed by atoms with Crippen molar-refractivity contribution in [1.29, 1.82) is 0 Å². The van der Waals surface area contributed by atoms with E-state index in [9.17, 15) is 9.59 Å². The molecule has 0 aliphatic carbocycles. The topological polar surface area (TPSA) is 55.4 Å². The molecule has 0 saturated carbocycles. The summed E-state index contributed by atoms with van der Waals surface area (Å²) in [5, 5.41) is 2.82. The lowest BCUT2D eigenvalue weighted by molar-refractivity contribution is -0.116. The zero-order chi connectivity index (χ0) is 18.1. The highest BCUT2D eigenvalue weighted by atomic mass is 16.5. The van der Waals surface area contributed by atoms with Crippen LogP contribution >= 0.6 is 0 Å². The normalized spacial score (nSPS) is 10.3. The van der Waals surface area contributed by atoms with Gasteiger partial charge >= 0.3 is 0 Å². The Morgan fingerprint density at radius 1 is 1.00 bits per heavy atom. The monoisotopic (exact) mass is 339 g/mol. The second kappa shape index (κ2) is 9.62. The molecule has 132 valence electrons. The van der Waals surface area contributed by atoms with E-state index in [-0.39, 0.29) is 11.7 Å². The van der Waals surface area contributed by atoms with E-state index in [0.717, 1.165) is 18.6 Å². The van der Waals surface area contributed by atoms with E-state index in [1.165, 1.54) is 12.5 Å². The van der Waals surface area contributed by atoms with Gasteiger partial charge in [-0.3, -0.25) is 9.59 Å². The summed E-state index contributed by atoms with van der Waals surface area (Å²) in [5.41, 5.74) is 2.64. The van der Waals surface area contributed by atoms with E-state index in [4.69, 9.17) is 4.74 Å². The van der Waals surface area contributed by atoms with Crippen molar-refractivity contribution in [3.63, 3.8) is 0 Å². The molecular formula is C21H25NO3. The number of ether oxygens (including phenoxy) is 1. The lowest BCUT2D eigenvalue weighted by atomic mass is 10.1. The first-order valence-corrected chi connectivity index (χ1v) is 8.71. The van der Waals surface area contributed by atoms with Crippen LogP contribution < -0.4 is 10.1 Å². The zero-order valence-electron chi connectivity index (χ0n) is 14.9. The molecule has 0 atom stereocenters. The summed E-state index contributed by atoms with van der Waals surface area (Å²) >= 11 is 0. The van der Waals surface area contributed by atoms with Gasteiger partial charge in [0.15, 0.2) is 5.78 Å². The highest BCUT2D eigenvalue weighted by Crippen LogP contribution is 2.14. The number of anilines is 1. The van der Waals surface area contributed by atoms with Crippen molar-refractivity contribution in [2.45, 2.75) is 39.5 Å². The maximum absolute atomic E-state index is 11.9. The molecule has 1 N–H and O–H groups in total. The first-order chi connectivity index (χ1) is 12.1. The minimum atomic E-state index is -0.0579. The van der Waals surface area contributed by atoms with Crippen LogP contribution in [0.4, 0.5) is 5.69 Å². The second-order valence-electron chi connectivity index (χ2n) is 6.03. The van der Waals surface area contributed by atoms with Crippen molar-refractivity contribution < 1.29 is 14.3 Å². The number of carbonyl (C=O) groups excluding carboxylic acids is 2. The fourth-order valence-electron chi connectivity index (χ4n) is 2.48. The SMILES string of the molecule is CCCc1ccc(OCCCC(=O)Nc2ccc(C(C)=O)cc2)cc1. The Morgan fingerprint density at radius 3 is 2.28 bits per heavy atom. The maximum Gasteiger partial charge on any atom is 0.224 e. The Labute approximate surface area is 149 Å². The number of aryl methyl sites for hydroxylation is 1. The van der Waals surface area contributed by atoms with E-state index in [2.05, 4.69) is 24.4 Å². The minimum Gasteiger partial charge on any atom is -0.494 e. The fraction of sp³-hybridized carbons (Fsp3) is 0.333. The summed E-state index contributed by atoms with van der Waals surface area (Å²) in [6.07, 6.45) is 3.25. The first-order valence-electron chi connectivity index (χ1n) is 8.71. The molecular weight excluding hydrogens is 314 g/mol. The van der Waals surface area contributed by atoms with Crippen molar-refractivity contribution in [3.05, 3.63) is 59.7 Å². The molecule has 0 unspecified atom stereocenters. The minimum absolute atomic E-state index is 0.0118. The molecule has 1 amide bonds. The largest absolute Gasteiger partial charge is 0.494 e. The molecule has 0 spiro atoms. The van der Waals surface area contributed by atoms with Gasteiger partial charge in [0.1, 0.15) is 5.75 Å². The number of rotatable bonds is 9. The van der Waals surface area contributed by atoms with Crippen LogP contribution in [0.1, 0.15) is 49.0 Å². The van der Waals surface area contributed by atoms with E-state index in [0.29, 0.717) is 30.7 Å². The average Bonchev–Trinajstić information content (AvgIpc) is 2.61. The first kappa shape index (κ1) is 18.7. The summed E-state index contributed by atoms with van der Waals surface area (Å²) in [6, 6.07) is 15.0. The molecule has 0 fully saturated rings. The van der Waals surface area contributed by atoms with Crippen LogP contribution in [0.15, 0.2) is 48.5 Å². The summed E-state index contributed by atoms with van der Waals surface area (Å²) < 4.78 is 5.66. The summed E-state index contributed by atoms with van der Waals surface area (Å²) in [5.74, 6) is 0.787. The molecule has 0 saturated heterocycles. The summed E-state index contributed by atoms with van der Waals surface area (Å²) in [7, 11) is 0. The Morgan fingerprint density at radius 2 is 1.68 bits per heavy atom. The van der Waals surface area contributed by atoms with E-state index >= 15 is 0 Å². The van der Waals surface area contributed by atoms with Crippen molar-refractivity contribution in [2.24, 2.45) is 0 Å². The molecule has 0 aliphatic rings. The Balaban J connectivity index is 1.68. The third-order valence-corrected chi connectivity index (χ3v) is 3.85. The standard InChI is InChI=1S/C21H25NO3/c1-3-5-17-7-13-20(14-8-17)25-15-4-6-21(24)22-19-11-9-18(10-12-19)16(2)23/h7-14H,3-6,15H2,1-2H3,(H,22,24). The third-order valence-electron chi connectivity index (χ3n) is 3.85. The molecule has 4 nitrogen and oxygen atoms in total. The number of Topliss-reactive ketones (excluding diaryl/α,β-unsaturated/α-hetero) is 1. The van der Waals surface area contributed by atoms with Crippen molar-refractivity contribution in [3.8, 4) is 5.75 Å². The highest BCUT2D eigenvalue weighted by molar-refractivity contribution is 5.95. The van der Waals surface area contributed by atoms with Crippen LogP contribution in [-0.2, 0) is 11.2 Å². The molecule has 0 aliphatic heterocycles. The maximum atomic E-state index is 11.9. The van der Waals surface area contributed by atoms with E-state index in [1.807, 2.05) is 12.1 Å². The van der Waals surface area contributed by atoms with Gasteiger partial charge in [-0.15, -0.1) is 0 Å². The van der Waals surface area contributed by atoms with Gasteiger partial charge in [-0.05, 0) is 61.7 Å². The second-order valence-corrected chi connectivity index (χ2v) is 6.03. The van der Waals surface area contributed by atoms with Crippen LogP contribution in [0, 0.1) is 0 Å².